The molecule has 0 aromatic heterocycles. The Morgan fingerprint density at radius 1 is 1.50 bits per heavy atom. The Labute approximate surface area is 114 Å². The molecule has 1 heterocycles. The molecule has 2 atom stereocenters. The quantitative estimate of drug-likeness (QED) is 0.907. The van der Waals surface area contributed by atoms with Crippen molar-refractivity contribution in [3.63, 3.8) is 0 Å². The first kappa shape index (κ1) is 13.8. The van der Waals surface area contributed by atoms with Gasteiger partial charge in [-0.05, 0) is 25.2 Å². The van der Waals surface area contributed by atoms with Crippen LogP contribution in [0.5, 0.6) is 0 Å². The van der Waals surface area contributed by atoms with Gasteiger partial charge >= 0.3 is 0 Å². The average Bonchev–Trinajstić information content (AvgIpc) is 2.37. The second kappa shape index (κ2) is 6.53. The van der Waals surface area contributed by atoms with Gasteiger partial charge in [0.1, 0.15) is 0 Å². The van der Waals surface area contributed by atoms with Gasteiger partial charge in [-0.1, -0.05) is 36.7 Å². The summed E-state index contributed by atoms with van der Waals surface area (Å²) in [7, 11) is 2.13. The minimum Gasteiger partial charge on any atom is -0.374 e. The maximum atomic E-state index is 6.30. The summed E-state index contributed by atoms with van der Waals surface area (Å²) in [5, 5.41) is 4.30. The van der Waals surface area contributed by atoms with Crippen molar-refractivity contribution in [1.82, 2.24) is 10.2 Å². The van der Waals surface area contributed by atoms with Gasteiger partial charge in [0.25, 0.3) is 0 Å². The first-order valence-electron chi connectivity index (χ1n) is 6.50. The molecular weight excluding hydrogens is 248 g/mol. The topological polar surface area (TPSA) is 24.5 Å². The van der Waals surface area contributed by atoms with E-state index < -0.39 is 0 Å². The number of rotatable bonds is 4. The number of benzene rings is 1. The van der Waals surface area contributed by atoms with Gasteiger partial charge in [-0.3, -0.25) is 0 Å². The molecule has 0 saturated carbocycles. The summed E-state index contributed by atoms with van der Waals surface area (Å²) in [5.41, 5.74) is 1.13. The van der Waals surface area contributed by atoms with E-state index in [1.54, 1.807) is 0 Å². The molecule has 0 amide bonds. The van der Waals surface area contributed by atoms with Crippen molar-refractivity contribution in [3.05, 3.63) is 34.9 Å². The average molecular weight is 269 g/mol. The highest BCUT2D eigenvalue weighted by Crippen LogP contribution is 2.27. The Morgan fingerprint density at radius 2 is 2.28 bits per heavy atom. The van der Waals surface area contributed by atoms with Crippen molar-refractivity contribution in [3.8, 4) is 0 Å². The lowest BCUT2D eigenvalue weighted by molar-refractivity contribution is -0.0390. The zero-order valence-electron chi connectivity index (χ0n) is 11.0. The van der Waals surface area contributed by atoms with E-state index in [4.69, 9.17) is 16.3 Å². The van der Waals surface area contributed by atoms with Gasteiger partial charge in [0.2, 0.25) is 0 Å². The summed E-state index contributed by atoms with van der Waals surface area (Å²) < 4.78 is 5.91. The fraction of sp³-hybridized carbons (Fsp3) is 0.571. The number of ether oxygens (including phenoxy) is 1. The summed E-state index contributed by atoms with van der Waals surface area (Å²) in [5.74, 6) is 0. The maximum Gasteiger partial charge on any atom is 0.0897 e. The Morgan fingerprint density at radius 3 is 2.94 bits per heavy atom. The predicted octanol–water partition coefficient (Wildman–Crippen LogP) is 2.32. The van der Waals surface area contributed by atoms with E-state index in [9.17, 15) is 0 Å². The monoisotopic (exact) mass is 268 g/mol. The molecule has 1 fully saturated rings. The second-order valence-corrected chi connectivity index (χ2v) is 5.14. The molecule has 0 bridgehead atoms. The van der Waals surface area contributed by atoms with Gasteiger partial charge in [-0.25, -0.2) is 0 Å². The number of nitrogens with zero attached hydrogens (tertiary/aromatic N) is 1. The molecule has 1 aromatic rings. The molecule has 0 aliphatic carbocycles. The van der Waals surface area contributed by atoms with Crippen LogP contribution in [-0.4, -0.2) is 44.3 Å². The SMILES string of the molecule is CCNC(c1ccccc1Cl)C1CN(C)CCO1. The number of nitrogens with one attached hydrogen (secondary N) is 1. The van der Waals surface area contributed by atoms with E-state index in [0.717, 1.165) is 36.8 Å². The van der Waals surface area contributed by atoms with E-state index in [-0.39, 0.29) is 12.1 Å². The Balaban J connectivity index is 2.19. The van der Waals surface area contributed by atoms with Crippen LogP contribution in [0.2, 0.25) is 5.02 Å². The Bertz CT molecular complexity index is 386. The van der Waals surface area contributed by atoms with Crippen LogP contribution in [0.15, 0.2) is 24.3 Å². The zero-order valence-corrected chi connectivity index (χ0v) is 11.8. The van der Waals surface area contributed by atoms with Crippen molar-refractivity contribution in [2.75, 3.05) is 33.3 Å². The lowest BCUT2D eigenvalue weighted by atomic mass is 10.00. The summed E-state index contributed by atoms with van der Waals surface area (Å²) in [6.45, 7) is 5.73. The van der Waals surface area contributed by atoms with Crippen LogP contribution >= 0.6 is 11.6 Å². The molecule has 1 aliphatic rings. The molecule has 18 heavy (non-hydrogen) atoms. The van der Waals surface area contributed by atoms with Crippen LogP contribution in [-0.2, 0) is 4.74 Å². The third kappa shape index (κ3) is 3.23. The minimum absolute atomic E-state index is 0.156. The molecule has 0 radical (unpaired) electrons. The van der Waals surface area contributed by atoms with Gasteiger partial charge in [0, 0.05) is 18.1 Å². The number of likely N-dealkylation sites (N-methyl/N-ethyl adjacent to an activating group) is 2. The normalized spacial score (nSPS) is 22.9. The van der Waals surface area contributed by atoms with Crippen molar-refractivity contribution >= 4 is 11.6 Å². The number of hydrogen-bond donors (Lipinski definition) is 1. The van der Waals surface area contributed by atoms with E-state index >= 15 is 0 Å². The molecule has 1 N–H and O–H groups in total. The van der Waals surface area contributed by atoms with E-state index in [1.165, 1.54) is 0 Å². The van der Waals surface area contributed by atoms with Gasteiger partial charge in [-0.2, -0.15) is 0 Å². The van der Waals surface area contributed by atoms with Crippen LogP contribution in [0.3, 0.4) is 0 Å². The number of hydrogen-bond acceptors (Lipinski definition) is 3. The standard InChI is InChI=1S/C14H21ClN2O/c1-3-16-14(11-6-4-5-7-12(11)15)13-10-17(2)8-9-18-13/h4-7,13-14,16H,3,8-10H2,1-2H3. The van der Waals surface area contributed by atoms with Crippen molar-refractivity contribution < 1.29 is 4.74 Å². The van der Waals surface area contributed by atoms with E-state index in [2.05, 4.69) is 30.3 Å². The van der Waals surface area contributed by atoms with Crippen LogP contribution in [0.25, 0.3) is 0 Å². The molecule has 100 valence electrons. The van der Waals surface area contributed by atoms with Gasteiger partial charge < -0.3 is 15.0 Å². The van der Waals surface area contributed by atoms with E-state index in [0.29, 0.717) is 0 Å². The summed E-state index contributed by atoms with van der Waals surface area (Å²) >= 11 is 6.30. The smallest absolute Gasteiger partial charge is 0.0897 e. The van der Waals surface area contributed by atoms with Crippen LogP contribution in [0.4, 0.5) is 0 Å². The summed E-state index contributed by atoms with van der Waals surface area (Å²) in [6, 6.07) is 8.16. The third-order valence-electron chi connectivity index (χ3n) is 3.33. The molecule has 1 aromatic carbocycles. The molecular formula is C14H21ClN2O. The van der Waals surface area contributed by atoms with E-state index in [1.807, 2.05) is 18.2 Å². The van der Waals surface area contributed by atoms with Gasteiger partial charge in [-0.15, -0.1) is 0 Å². The van der Waals surface area contributed by atoms with Crippen molar-refractivity contribution in [2.45, 2.75) is 19.1 Å². The fourth-order valence-electron chi connectivity index (χ4n) is 2.40. The van der Waals surface area contributed by atoms with Crippen LogP contribution < -0.4 is 5.32 Å². The molecule has 2 rings (SSSR count). The van der Waals surface area contributed by atoms with Crippen molar-refractivity contribution in [1.29, 1.82) is 0 Å². The molecule has 1 saturated heterocycles. The summed E-state index contributed by atoms with van der Waals surface area (Å²) in [4.78, 5) is 2.30. The highest BCUT2D eigenvalue weighted by Gasteiger charge is 2.28. The molecule has 3 nitrogen and oxygen atoms in total. The molecule has 2 unspecified atom stereocenters. The number of halogens is 1. The van der Waals surface area contributed by atoms with Crippen LogP contribution in [0, 0.1) is 0 Å². The lowest BCUT2D eigenvalue weighted by Gasteiger charge is -2.36. The molecule has 0 spiro atoms. The van der Waals surface area contributed by atoms with Crippen molar-refractivity contribution in [2.24, 2.45) is 0 Å². The second-order valence-electron chi connectivity index (χ2n) is 4.73. The highest BCUT2D eigenvalue weighted by molar-refractivity contribution is 6.31. The largest absolute Gasteiger partial charge is 0.374 e. The first-order valence-corrected chi connectivity index (χ1v) is 6.88. The lowest BCUT2D eigenvalue weighted by Crippen LogP contribution is -2.46. The Kier molecular flexibility index (Phi) is 5.01. The number of morpholine rings is 1. The maximum absolute atomic E-state index is 6.30. The fourth-order valence-corrected chi connectivity index (χ4v) is 2.65. The predicted molar refractivity (Wildman–Crippen MR) is 75.1 cm³/mol. The summed E-state index contributed by atoms with van der Waals surface area (Å²) in [6.07, 6.45) is 0.156. The first-order chi connectivity index (χ1) is 8.72. The highest BCUT2D eigenvalue weighted by atomic mass is 35.5. The molecule has 4 heteroatoms. The van der Waals surface area contributed by atoms with Gasteiger partial charge in [0.15, 0.2) is 0 Å². The van der Waals surface area contributed by atoms with Crippen LogP contribution in [0.1, 0.15) is 18.5 Å². The van der Waals surface area contributed by atoms with Gasteiger partial charge in [0.05, 0.1) is 18.8 Å². The minimum atomic E-state index is 0.156. The third-order valence-corrected chi connectivity index (χ3v) is 3.68. The molecule has 1 aliphatic heterocycles. The Hall–Kier alpha value is -0.610. The zero-order chi connectivity index (χ0) is 13.0.